The lowest BCUT2D eigenvalue weighted by atomic mass is 10.1. The zero-order valence-corrected chi connectivity index (χ0v) is 21.4. The second-order valence-corrected chi connectivity index (χ2v) is 11.1. The van der Waals surface area contributed by atoms with Crippen molar-refractivity contribution in [3.8, 4) is 0 Å². The molecular weight excluding hydrogens is 472 g/mol. The third-order valence-electron chi connectivity index (χ3n) is 5.09. The number of hydrogen-bond acceptors (Lipinski definition) is 6. The molecule has 2 aromatic rings. The molecule has 35 heavy (non-hydrogen) atoms. The molecule has 0 aliphatic carbocycles. The predicted octanol–water partition coefficient (Wildman–Crippen LogP) is 3.08. The fraction of sp³-hybridized carbons (Fsp3) is 0.417. The van der Waals surface area contributed by atoms with Gasteiger partial charge in [-0.2, -0.15) is 0 Å². The molecule has 0 aliphatic rings. The number of nitrogens with one attached hydrogen (secondary N) is 1. The van der Waals surface area contributed by atoms with Crippen LogP contribution in [0.25, 0.3) is 0 Å². The molecule has 1 N–H and O–H groups in total. The van der Waals surface area contributed by atoms with Crippen LogP contribution in [0, 0.1) is 10.1 Å². The number of hydrogen-bond donors (Lipinski definition) is 1. The van der Waals surface area contributed by atoms with Crippen molar-refractivity contribution < 1.29 is 22.9 Å². The number of anilines is 1. The highest BCUT2D eigenvalue weighted by molar-refractivity contribution is 7.92. The minimum Gasteiger partial charge on any atom is -0.350 e. The Kier molecular flexibility index (Phi) is 8.97. The van der Waals surface area contributed by atoms with E-state index >= 15 is 0 Å². The van der Waals surface area contributed by atoms with E-state index in [4.69, 9.17) is 0 Å². The third-order valence-corrected chi connectivity index (χ3v) is 6.23. The fourth-order valence-corrected chi connectivity index (χ4v) is 4.37. The molecule has 0 saturated heterocycles. The van der Waals surface area contributed by atoms with Crippen molar-refractivity contribution in [3.05, 3.63) is 70.3 Å². The van der Waals surface area contributed by atoms with Gasteiger partial charge in [0, 0.05) is 24.2 Å². The van der Waals surface area contributed by atoms with Crippen LogP contribution >= 0.6 is 0 Å². The fourth-order valence-electron chi connectivity index (χ4n) is 3.53. The molecule has 10 nitrogen and oxygen atoms in total. The average Bonchev–Trinajstić information content (AvgIpc) is 2.76. The molecule has 0 radical (unpaired) electrons. The van der Waals surface area contributed by atoms with Crippen LogP contribution in [0.4, 0.5) is 11.4 Å². The lowest BCUT2D eigenvalue weighted by Gasteiger charge is -2.34. The number of amides is 2. The lowest BCUT2D eigenvalue weighted by molar-refractivity contribution is -0.384. The number of carbonyl (C=O) groups is 2. The first-order valence-electron chi connectivity index (χ1n) is 11.1. The van der Waals surface area contributed by atoms with Gasteiger partial charge in [0.05, 0.1) is 16.9 Å². The molecule has 0 spiro atoms. The Morgan fingerprint density at radius 1 is 1.09 bits per heavy atom. The summed E-state index contributed by atoms with van der Waals surface area (Å²) in [6.45, 7) is 6.72. The van der Waals surface area contributed by atoms with Crippen LogP contribution in [-0.4, -0.2) is 54.4 Å². The van der Waals surface area contributed by atoms with Crippen LogP contribution in [-0.2, 0) is 26.2 Å². The number of nitro benzene ring substituents is 1. The van der Waals surface area contributed by atoms with E-state index in [1.807, 2.05) is 39.0 Å². The first kappa shape index (κ1) is 27.8. The van der Waals surface area contributed by atoms with Crippen LogP contribution in [0.5, 0.6) is 0 Å². The molecule has 0 saturated carbocycles. The summed E-state index contributed by atoms with van der Waals surface area (Å²) in [4.78, 5) is 38.6. The van der Waals surface area contributed by atoms with E-state index < -0.39 is 39.0 Å². The Hall–Kier alpha value is -3.47. The van der Waals surface area contributed by atoms with Gasteiger partial charge in [-0.15, -0.1) is 0 Å². The maximum absolute atomic E-state index is 13.6. The average molecular weight is 505 g/mol. The van der Waals surface area contributed by atoms with Crippen LogP contribution in [0.1, 0.15) is 39.7 Å². The molecule has 2 aromatic carbocycles. The number of benzene rings is 2. The van der Waals surface area contributed by atoms with Crippen LogP contribution in [0.2, 0.25) is 0 Å². The monoisotopic (exact) mass is 504 g/mol. The predicted molar refractivity (Wildman–Crippen MR) is 134 cm³/mol. The van der Waals surface area contributed by atoms with Gasteiger partial charge in [0.1, 0.15) is 12.6 Å². The van der Waals surface area contributed by atoms with Gasteiger partial charge >= 0.3 is 0 Å². The highest BCUT2D eigenvalue weighted by atomic mass is 32.2. The van der Waals surface area contributed by atoms with Crippen molar-refractivity contribution in [2.45, 2.75) is 52.2 Å². The molecule has 0 bridgehead atoms. The van der Waals surface area contributed by atoms with Crippen LogP contribution < -0.4 is 9.62 Å². The first-order chi connectivity index (χ1) is 16.2. The van der Waals surface area contributed by atoms with E-state index in [9.17, 15) is 28.1 Å². The largest absolute Gasteiger partial charge is 0.350 e. The van der Waals surface area contributed by atoms with E-state index in [2.05, 4.69) is 5.32 Å². The van der Waals surface area contributed by atoms with Gasteiger partial charge < -0.3 is 10.2 Å². The second-order valence-electron chi connectivity index (χ2n) is 9.22. The molecule has 2 amide bonds. The normalized spacial score (nSPS) is 12.5. The number of rotatable bonds is 10. The Bertz CT molecular complexity index is 1160. The summed E-state index contributed by atoms with van der Waals surface area (Å²) in [5.41, 5.74) is -0.0833. The van der Waals surface area contributed by atoms with E-state index in [0.717, 1.165) is 22.2 Å². The third kappa shape index (κ3) is 8.06. The lowest BCUT2D eigenvalue weighted by Crippen LogP contribution is -2.55. The molecule has 190 valence electrons. The topological polar surface area (TPSA) is 130 Å². The highest BCUT2D eigenvalue weighted by Crippen LogP contribution is 2.24. The molecule has 0 heterocycles. The van der Waals surface area contributed by atoms with Gasteiger partial charge in [-0.25, -0.2) is 8.42 Å². The van der Waals surface area contributed by atoms with Gasteiger partial charge in [0.25, 0.3) is 5.69 Å². The summed E-state index contributed by atoms with van der Waals surface area (Å²) < 4.78 is 26.0. The quantitative estimate of drug-likeness (QED) is 0.391. The molecule has 2 rings (SSSR count). The second kappa shape index (κ2) is 11.3. The number of carbonyl (C=O) groups excluding carboxylic acids is 2. The summed E-state index contributed by atoms with van der Waals surface area (Å²) in [7, 11) is -3.98. The Labute approximate surface area is 206 Å². The molecule has 0 aliphatic heterocycles. The van der Waals surface area contributed by atoms with Crippen molar-refractivity contribution in [2.75, 3.05) is 17.1 Å². The maximum atomic E-state index is 13.6. The summed E-state index contributed by atoms with van der Waals surface area (Å²) in [5.74, 6) is -0.966. The van der Waals surface area contributed by atoms with Gasteiger partial charge in [-0.3, -0.25) is 24.0 Å². The molecular formula is C24H32N4O6S. The van der Waals surface area contributed by atoms with Crippen LogP contribution in [0.3, 0.4) is 0 Å². The van der Waals surface area contributed by atoms with Crippen molar-refractivity contribution in [3.63, 3.8) is 0 Å². The first-order valence-corrected chi connectivity index (χ1v) is 13.0. The summed E-state index contributed by atoms with van der Waals surface area (Å²) in [6, 6.07) is 13.3. The SMILES string of the molecule is CC[C@@H](C(=O)NC(C)(C)C)N(Cc1ccccc1)C(=O)CN(c1cccc([N+](=O)[O-])c1)S(C)(=O)=O. The van der Waals surface area contributed by atoms with Gasteiger partial charge in [0.15, 0.2) is 0 Å². The van der Waals surface area contributed by atoms with Gasteiger partial charge in [-0.1, -0.05) is 43.3 Å². The van der Waals surface area contributed by atoms with Gasteiger partial charge in [0.2, 0.25) is 21.8 Å². The van der Waals surface area contributed by atoms with Crippen molar-refractivity contribution in [1.82, 2.24) is 10.2 Å². The van der Waals surface area contributed by atoms with Crippen LogP contribution in [0.15, 0.2) is 54.6 Å². The summed E-state index contributed by atoms with van der Waals surface area (Å²) in [6.07, 6.45) is 1.22. The highest BCUT2D eigenvalue weighted by Gasteiger charge is 2.33. The number of nitro groups is 1. The van der Waals surface area contributed by atoms with Gasteiger partial charge in [-0.05, 0) is 38.8 Å². The molecule has 0 aromatic heterocycles. The number of non-ortho nitro benzene ring substituents is 1. The van der Waals surface area contributed by atoms with Crippen molar-refractivity contribution in [2.24, 2.45) is 0 Å². The van der Waals surface area contributed by atoms with E-state index in [-0.39, 0.29) is 23.8 Å². The standard InChI is InChI=1S/C24H32N4O6S/c1-6-21(23(30)25-24(2,3)4)26(16-18-11-8-7-9-12-18)22(29)17-27(35(5,33)34)19-13-10-14-20(15-19)28(31)32/h7-15,21H,6,16-17H2,1-5H3,(H,25,30)/t21-/m0/s1. The zero-order chi connectivity index (χ0) is 26.4. The van der Waals surface area contributed by atoms with E-state index in [1.54, 1.807) is 19.1 Å². The smallest absolute Gasteiger partial charge is 0.271 e. The minimum absolute atomic E-state index is 0.0121. The number of sulfonamides is 1. The van der Waals surface area contributed by atoms with E-state index in [1.165, 1.54) is 23.1 Å². The van der Waals surface area contributed by atoms with Crippen molar-refractivity contribution in [1.29, 1.82) is 0 Å². The molecule has 0 fully saturated rings. The Balaban J connectivity index is 2.47. The summed E-state index contributed by atoms with van der Waals surface area (Å²) >= 11 is 0. The Morgan fingerprint density at radius 2 is 1.71 bits per heavy atom. The zero-order valence-electron chi connectivity index (χ0n) is 20.6. The number of nitrogens with zero attached hydrogens (tertiary/aromatic N) is 3. The minimum atomic E-state index is -3.98. The molecule has 11 heteroatoms. The summed E-state index contributed by atoms with van der Waals surface area (Å²) in [5, 5.41) is 14.1. The Morgan fingerprint density at radius 3 is 2.23 bits per heavy atom. The van der Waals surface area contributed by atoms with E-state index in [0.29, 0.717) is 6.42 Å². The molecule has 0 unspecified atom stereocenters. The molecule has 1 atom stereocenters. The van der Waals surface area contributed by atoms with Crippen molar-refractivity contribution >= 4 is 33.2 Å². The maximum Gasteiger partial charge on any atom is 0.271 e.